The third-order valence-corrected chi connectivity index (χ3v) is 26.8. The molecule has 4 amide bonds. The SMILES string of the molecule is CN1C(=O)[C@]23SSSS[C@@]1(CO)C(=O)N2[C@H]1Nc2ccccc2C1([C@@]12c4ccccc4N[C@@H]1N1C(=O)[C@]4(CO)SSSS[C@]1(C(=O)N4C)[C@H]2O)[C@@H]3O. The van der Waals surface area contributed by atoms with E-state index < -0.39 is 91.7 Å². The summed E-state index contributed by atoms with van der Waals surface area (Å²) in [5, 5.41) is 55.9. The fourth-order valence-electron chi connectivity index (χ4n) is 10.0. The van der Waals surface area contributed by atoms with Crippen molar-refractivity contribution in [2.24, 2.45) is 0 Å². The van der Waals surface area contributed by atoms with Crippen LogP contribution in [0, 0.1) is 0 Å². The molecule has 274 valence electrons. The summed E-state index contributed by atoms with van der Waals surface area (Å²) in [5.41, 5.74) is -1.62. The Morgan fingerprint density at radius 3 is 1.35 bits per heavy atom. The first-order chi connectivity index (χ1) is 25.0. The highest BCUT2D eigenvalue weighted by Gasteiger charge is 2.92. The lowest BCUT2D eigenvalue weighted by Crippen LogP contribution is -2.76. The number of hydrogen-bond donors (Lipinski definition) is 6. The van der Waals surface area contributed by atoms with Gasteiger partial charge in [0.25, 0.3) is 23.6 Å². The standard InChI is InChI=1S/C30H28N6O8S8/c1-33-23(43)29-17(39)27(13-7-3-5-9-15(13)31-19(27)35(29)21(41)25(33,11-37)45-49-51-47-29)28-14-8-4-6-10-16(14)32-20(28)36-22(42)26(12-38)34(2)24(44)30(36,18(28)40)48-52-50-46-26/h3-10,17-20,31-32,37-40H,11-12H2,1-2H3/t17-,18-,19+,20+,25-,26-,27+,28?,29-,30-/m0/s1. The number of hydrogen-bond acceptors (Lipinski definition) is 18. The van der Waals surface area contributed by atoms with E-state index in [1.54, 1.807) is 48.5 Å². The molecule has 10 aliphatic heterocycles. The highest BCUT2D eigenvalue weighted by molar-refractivity contribution is 9.27. The van der Waals surface area contributed by atoms with Gasteiger partial charge in [-0.05, 0) is 106 Å². The summed E-state index contributed by atoms with van der Waals surface area (Å²) in [6, 6.07) is 14.3. The molecule has 8 fully saturated rings. The number of nitrogens with zero attached hydrogens (tertiary/aromatic N) is 4. The van der Waals surface area contributed by atoms with Gasteiger partial charge in [-0.25, -0.2) is 0 Å². The number of fused-ring (bicyclic) bond motifs is 15. The topological polar surface area (TPSA) is 186 Å². The predicted molar refractivity (Wildman–Crippen MR) is 208 cm³/mol. The lowest BCUT2D eigenvalue weighted by Gasteiger charge is -2.54. The zero-order valence-electron chi connectivity index (χ0n) is 26.8. The van der Waals surface area contributed by atoms with Gasteiger partial charge in [-0.2, -0.15) is 0 Å². The number of nitrogens with one attached hydrogen (secondary N) is 2. The van der Waals surface area contributed by atoms with Gasteiger partial charge in [0.1, 0.15) is 24.5 Å². The fraction of sp³-hybridized carbons (Fsp3) is 0.467. The van der Waals surface area contributed by atoms with Gasteiger partial charge in [0.2, 0.25) is 19.5 Å². The Morgan fingerprint density at radius 2 is 0.962 bits per heavy atom. The molecule has 10 aliphatic rings. The van der Waals surface area contributed by atoms with E-state index in [4.69, 9.17) is 0 Å². The second-order valence-corrected chi connectivity index (χ2v) is 26.0. The third-order valence-electron chi connectivity index (χ3n) is 12.3. The first-order valence-electron chi connectivity index (χ1n) is 15.9. The van der Waals surface area contributed by atoms with E-state index in [0.29, 0.717) is 22.5 Å². The number of carbonyl (C=O) groups is 4. The van der Waals surface area contributed by atoms with Crippen LogP contribution in [0.2, 0.25) is 0 Å². The number of piperazine rings is 2. The van der Waals surface area contributed by atoms with Crippen molar-refractivity contribution in [2.75, 3.05) is 37.9 Å². The van der Waals surface area contributed by atoms with Crippen molar-refractivity contribution in [3.63, 3.8) is 0 Å². The molecule has 0 radical (unpaired) electrons. The number of para-hydroxylation sites is 2. The van der Waals surface area contributed by atoms with E-state index in [0.717, 1.165) is 43.2 Å². The van der Waals surface area contributed by atoms with E-state index in [2.05, 4.69) is 10.6 Å². The Kier molecular flexibility index (Phi) is 7.48. The largest absolute Gasteiger partial charge is 0.392 e. The molecule has 0 saturated carbocycles. The first kappa shape index (κ1) is 35.0. The van der Waals surface area contributed by atoms with Gasteiger partial charge in [-0.15, -0.1) is 0 Å². The number of aliphatic hydroxyl groups excluding tert-OH is 4. The number of carbonyl (C=O) groups excluding carboxylic acids is 4. The van der Waals surface area contributed by atoms with Crippen LogP contribution in [0.4, 0.5) is 11.4 Å². The average molecular weight is 857 g/mol. The maximum absolute atomic E-state index is 15.2. The molecule has 6 N–H and O–H groups in total. The molecule has 2 aromatic rings. The van der Waals surface area contributed by atoms with Crippen LogP contribution in [0.25, 0.3) is 0 Å². The Hall–Kier alpha value is -1.44. The van der Waals surface area contributed by atoms with Gasteiger partial charge < -0.3 is 40.9 Å². The van der Waals surface area contributed by atoms with Crippen LogP contribution < -0.4 is 10.6 Å². The summed E-state index contributed by atoms with van der Waals surface area (Å²) >= 11 is 0. The molecular formula is C30H28N6O8S8. The Balaban J connectivity index is 1.35. The minimum atomic E-state index is -1.98. The van der Waals surface area contributed by atoms with Crippen LogP contribution in [0.3, 0.4) is 0 Å². The number of benzene rings is 2. The smallest absolute Gasteiger partial charge is 0.265 e. The highest BCUT2D eigenvalue weighted by Crippen LogP contribution is 2.78. The van der Waals surface area contributed by atoms with Crippen LogP contribution in [0.15, 0.2) is 48.5 Å². The number of aliphatic hydroxyl groups is 4. The molecule has 8 saturated heterocycles. The van der Waals surface area contributed by atoms with Crippen LogP contribution in [-0.2, 0) is 30.0 Å². The minimum absolute atomic E-state index is 0.486. The molecule has 2 aromatic carbocycles. The molecule has 52 heavy (non-hydrogen) atoms. The van der Waals surface area contributed by atoms with Crippen molar-refractivity contribution in [2.45, 2.75) is 54.9 Å². The summed E-state index contributed by atoms with van der Waals surface area (Å²) in [5.74, 6) is -2.44. The first-order valence-corrected chi connectivity index (χ1v) is 25.5. The quantitative estimate of drug-likeness (QED) is 0.246. The highest BCUT2D eigenvalue weighted by atomic mass is 33.7. The number of amides is 4. The second kappa shape index (κ2) is 11.1. The number of likely N-dealkylation sites (N-methyl/N-ethyl adjacent to an activating group) is 2. The molecule has 2 spiro atoms. The molecule has 10 atom stereocenters. The molecule has 10 heterocycles. The molecule has 4 bridgehead atoms. The van der Waals surface area contributed by atoms with E-state index in [1.165, 1.54) is 73.0 Å². The zero-order chi connectivity index (χ0) is 36.4. The third kappa shape index (κ3) is 3.33. The second-order valence-electron chi connectivity index (χ2n) is 13.7. The summed E-state index contributed by atoms with van der Waals surface area (Å²) in [6.45, 7) is -1.41. The molecule has 22 heteroatoms. The van der Waals surface area contributed by atoms with Gasteiger partial charge in [-0.3, -0.25) is 29.0 Å². The van der Waals surface area contributed by atoms with E-state index in [-0.39, 0.29) is 0 Å². The zero-order valence-corrected chi connectivity index (χ0v) is 33.4. The Bertz CT molecular complexity index is 1890. The molecular weight excluding hydrogens is 829 g/mol. The van der Waals surface area contributed by atoms with Gasteiger partial charge in [0.05, 0.1) is 24.0 Å². The Labute approximate surface area is 326 Å². The lowest BCUT2D eigenvalue weighted by molar-refractivity contribution is -0.168. The van der Waals surface area contributed by atoms with Crippen LogP contribution in [0.5, 0.6) is 0 Å². The van der Waals surface area contributed by atoms with Crippen LogP contribution in [0.1, 0.15) is 11.1 Å². The molecule has 0 aromatic heterocycles. The minimum Gasteiger partial charge on any atom is -0.392 e. The maximum Gasteiger partial charge on any atom is 0.265 e. The fourth-order valence-corrected chi connectivity index (χ4v) is 25.3. The summed E-state index contributed by atoms with van der Waals surface area (Å²) < 4.78 is 0. The van der Waals surface area contributed by atoms with Crippen molar-refractivity contribution >= 4 is 117 Å². The van der Waals surface area contributed by atoms with Gasteiger partial charge >= 0.3 is 0 Å². The molecule has 1 unspecified atom stereocenters. The van der Waals surface area contributed by atoms with Crippen molar-refractivity contribution in [1.29, 1.82) is 0 Å². The number of anilines is 2. The van der Waals surface area contributed by atoms with Gasteiger partial charge in [0, 0.05) is 25.5 Å². The summed E-state index contributed by atoms with van der Waals surface area (Å²) in [4.78, 5) is 58.1. The van der Waals surface area contributed by atoms with Gasteiger partial charge in [-0.1, -0.05) is 36.4 Å². The monoisotopic (exact) mass is 856 g/mol. The molecule has 12 rings (SSSR count). The van der Waals surface area contributed by atoms with E-state index in [9.17, 15) is 20.4 Å². The van der Waals surface area contributed by atoms with Gasteiger partial charge in [0.15, 0.2) is 0 Å². The van der Waals surface area contributed by atoms with Crippen molar-refractivity contribution < 1.29 is 39.6 Å². The maximum atomic E-state index is 15.2. The van der Waals surface area contributed by atoms with Crippen LogP contribution in [-0.4, -0.2) is 135 Å². The lowest BCUT2D eigenvalue weighted by atomic mass is 9.52. The van der Waals surface area contributed by atoms with Crippen molar-refractivity contribution in [3.8, 4) is 0 Å². The number of rotatable bonds is 3. The summed E-state index contributed by atoms with van der Waals surface area (Å²) in [6.07, 6.45) is -5.99. The predicted octanol–water partition coefficient (Wildman–Crippen LogP) is 1.87. The van der Waals surface area contributed by atoms with E-state index >= 15 is 19.2 Å². The van der Waals surface area contributed by atoms with Crippen molar-refractivity contribution in [3.05, 3.63) is 59.7 Å². The Morgan fingerprint density at radius 1 is 0.596 bits per heavy atom. The van der Waals surface area contributed by atoms with Crippen molar-refractivity contribution in [1.82, 2.24) is 19.6 Å². The average Bonchev–Trinajstić information content (AvgIpc) is 3.79. The molecule has 0 aliphatic carbocycles. The summed E-state index contributed by atoms with van der Waals surface area (Å²) in [7, 11) is 11.9. The van der Waals surface area contributed by atoms with Crippen LogP contribution >= 0.6 is 82.5 Å². The molecule has 14 nitrogen and oxygen atoms in total. The normalized spacial score (nSPS) is 43.9. The van der Waals surface area contributed by atoms with E-state index in [1.807, 2.05) is 0 Å².